The van der Waals surface area contributed by atoms with E-state index in [4.69, 9.17) is 16.7 Å². The molecule has 2 aromatic rings. The van der Waals surface area contributed by atoms with Gasteiger partial charge in [-0.15, -0.1) is 0 Å². The summed E-state index contributed by atoms with van der Waals surface area (Å²) < 4.78 is 0. The zero-order chi connectivity index (χ0) is 14.5. The quantitative estimate of drug-likeness (QED) is 0.908. The van der Waals surface area contributed by atoms with Crippen LogP contribution in [0.3, 0.4) is 0 Å². The van der Waals surface area contributed by atoms with Crippen molar-refractivity contribution in [1.82, 2.24) is 0 Å². The number of amides is 1. The van der Waals surface area contributed by atoms with E-state index in [2.05, 4.69) is 5.32 Å². The molecule has 0 aliphatic heterocycles. The predicted octanol–water partition coefficient (Wildman–Crippen LogP) is 3.22. The number of anilines is 1. The second kappa shape index (κ2) is 6.21. The summed E-state index contributed by atoms with van der Waals surface area (Å²) in [5, 5.41) is 12.1. The molecule has 0 aromatic heterocycles. The molecule has 2 aromatic carbocycles. The van der Waals surface area contributed by atoms with Crippen LogP contribution >= 0.6 is 11.6 Å². The van der Waals surface area contributed by atoms with Gasteiger partial charge in [0.25, 0.3) is 0 Å². The molecule has 0 aliphatic rings. The SMILES string of the molecule is O=C(Cc1ccc(Cl)cc1)Nc1ccc(C(=O)O)cc1. The van der Waals surface area contributed by atoms with Crippen LogP contribution in [-0.2, 0) is 11.2 Å². The normalized spacial score (nSPS) is 10.1. The molecular formula is C15H12ClNO3. The fourth-order valence-corrected chi connectivity index (χ4v) is 1.81. The molecule has 0 saturated heterocycles. The van der Waals surface area contributed by atoms with Crippen LogP contribution in [0.1, 0.15) is 15.9 Å². The Balaban J connectivity index is 1.97. The highest BCUT2D eigenvalue weighted by Crippen LogP contribution is 2.12. The zero-order valence-corrected chi connectivity index (χ0v) is 11.2. The van der Waals surface area contributed by atoms with Gasteiger partial charge in [-0.25, -0.2) is 4.79 Å². The minimum atomic E-state index is -0.996. The molecule has 0 aliphatic carbocycles. The van der Waals surface area contributed by atoms with E-state index >= 15 is 0 Å². The molecule has 0 unspecified atom stereocenters. The van der Waals surface area contributed by atoms with E-state index in [9.17, 15) is 9.59 Å². The molecule has 0 radical (unpaired) electrons. The van der Waals surface area contributed by atoms with E-state index in [0.29, 0.717) is 10.7 Å². The van der Waals surface area contributed by atoms with Crippen LogP contribution in [0.4, 0.5) is 5.69 Å². The maximum atomic E-state index is 11.8. The van der Waals surface area contributed by atoms with E-state index < -0.39 is 5.97 Å². The average molecular weight is 290 g/mol. The summed E-state index contributed by atoms with van der Waals surface area (Å²) >= 11 is 5.77. The second-order valence-electron chi connectivity index (χ2n) is 4.23. The van der Waals surface area contributed by atoms with Gasteiger partial charge in [0.2, 0.25) is 5.91 Å². The standard InChI is InChI=1S/C15H12ClNO3/c16-12-5-1-10(2-6-12)9-14(18)17-13-7-3-11(4-8-13)15(19)20/h1-8H,9H2,(H,17,18)(H,19,20). The third-order valence-electron chi connectivity index (χ3n) is 2.69. The molecule has 0 bridgehead atoms. The lowest BCUT2D eigenvalue weighted by molar-refractivity contribution is -0.115. The number of carboxylic acid groups (broad SMARTS) is 1. The lowest BCUT2D eigenvalue weighted by Gasteiger charge is -2.06. The van der Waals surface area contributed by atoms with Crippen molar-refractivity contribution >= 4 is 29.2 Å². The van der Waals surface area contributed by atoms with Gasteiger partial charge in [-0.2, -0.15) is 0 Å². The maximum Gasteiger partial charge on any atom is 0.335 e. The number of halogens is 1. The number of carbonyl (C=O) groups excluding carboxylic acids is 1. The van der Waals surface area contributed by atoms with Gasteiger partial charge in [-0.3, -0.25) is 4.79 Å². The lowest BCUT2D eigenvalue weighted by Crippen LogP contribution is -2.14. The van der Waals surface area contributed by atoms with Crippen molar-refractivity contribution in [2.75, 3.05) is 5.32 Å². The summed E-state index contributed by atoms with van der Waals surface area (Å²) in [5.41, 5.74) is 1.60. The molecule has 20 heavy (non-hydrogen) atoms. The number of hydrogen-bond donors (Lipinski definition) is 2. The van der Waals surface area contributed by atoms with E-state index in [0.717, 1.165) is 5.56 Å². The molecule has 2 rings (SSSR count). The molecule has 1 amide bonds. The van der Waals surface area contributed by atoms with E-state index in [-0.39, 0.29) is 17.9 Å². The van der Waals surface area contributed by atoms with Crippen LogP contribution in [0.5, 0.6) is 0 Å². The summed E-state index contributed by atoms with van der Waals surface area (Å²) in [7, 11) is 0. The Labute approximate surface area is 121 Å². The van der Waals surface area contributed by atoms with Crippen molar-refractivity contribution in [1.29, 1.82) is 0 Å². The highest BCUT2D eigenvalue weighted by molar-refractivity contribution is 6.30. The van der Waals surface area contributed by atoms with Gasteiger partial charge in [-0.05, 0) is 42.0 Å². The number of hydrogen-bond acceptors (Lipinski definition) is 2. The third kappa shape index (κ3) is 3.83. The first-order valence-corrected chi connectivity index (χ1v) is 6.30. The minimum absolute atomic E-state index is 0.171. The molecular weight excluding hydrogens is 278 g/mol. The summed E-state index contributed by atoms with van der Waals surface area (Å²) in [5.74, 6) is -1.17. The molecule has 5 heteroatoms. The van der Waals surface area contributed by atoms with E-state index in [1.807, 2.05) is 0 Å². The second-order valence-corrected chi connectivity index (χ2v) is 4.67. The monoisotopic (exact) mass is 289 g/mol. The summed E-state index contributed by atoms with van der Waals surface area (Å²) in [4.78, 5) is 22.5. The van der Waals surface area contributed by atoms with Crippen molar-refractivity contribution in [2.24, 2.45) is 0 Å². The fraction of sp³-hybridized carbons (Fsp3) is 0.0667. The number of carbonyl (C=O) groups is 2. The van der Waals surface area contributed by atoms with E-state index in [1.165, 1.54) is 12.1 Å². The number of aromatic carboxylic acids is 1. The van der Waals surface area contributed by atoms with E-state index in [1.54, 1.807) is 36.4 Å². The number of benzene rings is 2. The van der Waals surface area contributed by atoms with Crippen LogP contribution in [-0.4, -0.2) is 17.0 Å². The number of nitrogens with one attached hydrogen (secondary N) is 1. The van der Waals surface area contributed by atoms with Gasteiger partial charge in [0.15, 0.2) is 0 Å². The average Bonchev–Trinajstić information content (AvgIpc) is 2.42. The van der Waals surface area contributed by atoms with Crippen molar-refractivity contribution in [2.45, 2.75) is 6.42 Å². The van der Waals surface area contributed by atoms with Crippen LogP contribution in [0.2, 0.25) is 5.02 Å². The molecule has 0 spiro atoms. The van der Waals surface area contributed by atoms with Gasteiger partial charge in [-0.1, -0.05) is 23.7 Å². The molecule has 2 N–H and O–H groups in total. The molecule has 0 atom stereocenters. The Morgan fingerprint density at radius 2 is 1.60 bits per heavy atom. The Hall–Kier alpha value is -2.33. The molecule has 0 saturated carbocycles. The highest BCUT2D eigenvalue weighted by atomic mass is 35.5. The van der Waals surface area contributed by atoms with Crippen molar-refractivity contribution < 1.29 is 14.7 Å². The first-order valence-electron chi connectivity index (χ1n) is 5.92. The molecule has 102 valence electrons. The number of rotatable bonds is 4. The molecule has 0 fully saturated rings. The van der Waals surface area contributed by atoms with Gasteiger partial charge < -0.3 is 10.4 Å². The molecule has 0 heterocycles. The summed E-state index contributed by atoms with van der Waals surface area (Å²) in [6, 6.07) is 13.0. The van der Waals surface area contributed by atoms with Crippen LogP contribution in [0.25, 0.3) is 0 Å². The van der Waals surface area contributed by atoms with Crippen LogP contribution < -0.4 is 5.32 Å². The van der Waals surface area contributed by atoms with Gasteiger partial charge >= 0.3 is 5.97 Å². The zero-order valence-electron chi connectivity index (χ0n) is 10.5. The van der Waals surface area contributed by atoms with Crippen molar-refractivity contribution in [3.63, 3.8) is 0 Å². The maximum absolute atomic E-state index is 11.8. The first kappa shape index (κ1) is 14.1. The highest BCUT2D eigenvalue weighted by Gasteiger charge is 2.06. The Morgan fingerprint density at radius 1 is 1.00 bits per heavy atom. The third-order valence-corrected chi connectivity index (χ3v) is 2.95. The summed E-state index contributed by atoms with van der Waals surface area (Å²) in [6.45, 7) is 0. The van der Waals surface area contributed by atoms with Crippen LogP contribution in [0, 0.1) is 0 Å². The summed E-state index contributed by atoms with van der Waals surface area (Å²) in [6.07, 6.45) is 0.234. The Morgan fingerprint density at radius 3 is 2.15 bits per heavy atom. The van der Waals surface area contributed by atoms with Crippen LogP contribution in [0.15, 0.2) is 48.5 Å². The van der Waals surface area contributed by atoms with Crippen molar-refractivity contribution in [3.05, 3.63) is 64.7 Å². The lowest BCUT2D eigenvalue weighted by atomic mass is 10.1. The number of carboxylic acids is 1. The largest absolute Gasteiger partial charge is 0.478 e. The fourth-order valence-electron chi connectivity index (χ4n) is 1.69. The molecule has 4 nitrogen and oxygen atoms in total. The predicted molar refractivity (Wildman–Crippen MR) is 77.2 cm³/mol. The Bertz CT molecular complexity index is 621. The minimum Gasteiger partial charge on any atom is -0.478 e. The van der Waals surface area contributed by atoms with Crippen molar-refractivity contribution in [3.8, 4) is 0 Å². The first-order chi connectivity index (χ1) is 9.54. The van der Waals surface area contributed by atoms with Gasteiger partial charge in [0.05, 0.1) is 12.0 Å². The van der Waals surface area contributed by atoms with Gasteiger partial charge in [0.1, 0.15) is 0 Å². The topological polar surface area (TPSA) is 66.4 Å². The Kier molecular flexibility index (Phi) is 4.38. The smallest absolute Gasteiger partial charge is 0.335 e. The van der Waals surface area contributed by atoms with Gasteiger partial charge in [0, 0.05) is 10.7 Å².